The summed E-state index contributed by atoms with van der Waals surface area (Å²) in [5, 5.41) is 13.3. The molecule has 1 aliphatic rings. The molecule has 0 aromatic heterocycles. The van der Waals surface area contributed by atoms with Gasteiger partial charge < -0.3 is 19.9 Å². The number of aliphatic hydroxyl groups is 1. The largest absolute Gasteiger partial charge is 0.389 e. The van der Waals surface area contributed by atoms with Crippen LogP contribution in [0.25, 0.3) is 0 Å². The highest BCUT2D eigenvalue weighted by Gasteiger charge is 2.27. The molecule has 1 unspecified atom stereocenters. The van der Waals surface area contributed by atoms with Gasteiger partial charge in [-0.05, 0) is 26.2 Å². The molecule has 0 spiro atoms. The second kappa shape index (κ2) is 9.70. The monoisotopic (exact) mass is 273 g/mol. The Morgan fingerprint density at radius 3 is 2.68 bits per heavy atom. The van der Waals surface area contributed by atoms with Crippen molar-refractivity contribution in [2.45, 2.75) is 64.0 Å². The van der Waals surface area contributed by atoms with Gasteiger partial charge in [-0.3, -0.25) is 0 Å². The summed E-state index contributed by atoms with van der Waals surface area (Å²) in [6.45, 7) is 7.83. The first-order valence-corrected chi connectivity index (χ1v) is 7.75. The third kappa shape index (κ3) is 7.88. The van der Waals surface area contributed by atoms with Gasteiger partial charge in [-0.25, -0.2) is 0 Å². The Hall–Kier alpha value is -0.160. The lowest BCUT2D eigenvalue weighted by molar-refractivity contribution is 0.0156. The van der Waals surface area contributed by atoms with Crippen LogP contribution < -0.4 is 5.32 Å². The van der Waals surface area contributed by atoms with Crippen LogP contribution in [0.4, 0.5) is 0 Å². The van der Waals surface area contributed by atoms with Crippen LogP contribution in [0.5, 0.6) is 0 Å². The van der Waals surface area contributed by atoms with Crippen LogP contribution in [0, 0.1) is 0 Å². The lowest BCUT2D eigenvalue weighted by Gasteiger charge is -2.35. The smallest absolute Gasteiger partial charge is 0.0897 e. The van der Waals surface area contributed by atoms with Gasteiger partial charge in [0.25, 0.3) is 0 Å². The summed E-state index contributed by atoms with van der Waals surface area (Å²) < 4.78 is 10.9. The molecule has 2 N–H and O–H groups in total. The van der Waals surface area contributed by atoms with Crippen molar-refractivity contribution in [3.63, 3.8) is 0 Å². The highest BCUT2D eigenvalue weighted by Crippen LogP contribution is 2.19. The number of rotatable bonds is 10. The Bertz CT molecular complexity index is 217. The van der Waals surface area contributed by atoms with E-state index in [4.69, 9.17) is 9.47 Å². The van der Waals surface area contributed by atoms with Gasteiger partial charge >= 0.3 is 0 Å². The average molecular weight is 273 g/mol. The first-order valence-electron chi connectivity index (χ1n) is 7.75. The quantitative estimate of drug-likeness (QED) is 0.599. The molecule has 0 amide bonds. The van der Waals surface area contributed by atoms with Gasteiger partial charge in [0.15, 0.2) is 0 Å². The van der Waals surface area contributed by atoms with Crippen molar-refractivity contribution in [2.24, 2.45) is 0 Å². The maximum atomic E-state index is 9.88. The van der Waals surface area contributed by atoms with E-state index in [1.807, 2.05) is 0 Å². The van der Waals surface area contributed by atoms with E-state index in [9.17, 15) is 5.11 Å². The second-order valence-electron chi connectivity index (χ2n) is 5.84. The average Bonchev–Trinajstić information content (AvgIpc) is 2.41. The van der Waals surface area contributed by atoms with Crippen LogP contribution in [0.2, 0.25) is 0 Å². The predicted octanol–water partition coefficient (Wildman–Crippen LogP) is 2.10. The molecule has 1 aliphatic heterocycles. The predicted molar refractivity (Wildman–Crippen MR) is 77.4 cm³/mol. The summed E-state index contributed by atoms with van der Waals surface area (Å²) in [7, 11) is 0. The number of ether oxygens (including phenoxy) is 2. The zero-order chi connectivity index (χ0) is 14.0. The molecule has 0 aliphatic carbocycles. The zero-order valence-electron chi connectivity index (χ0n) is 12.6. The summed E-state index contributed by atoms with van der Waals surface area (Å²) in [5.41, 5.74) is 0.111. The lowest BCUT2D eigenvalue weighted by atomic mass is 9.92. The Kier molecular flexibility index (Phi) is 8.62. The highest BCUT2D eigenvalue weighted by atomic mass is 16.5. The Labute approximate surface area is 117 Å². The number of unbranched alkanes of at least 4 members (excludes halogenated alkanes) is 3. The van der Waals surface area contributed by atoms with Gasteiger partial charge in [0.05, 0.1) is 12.7 Å². The molecule has 1 atom stereocenters. The van der Waals surface area contributed by atoms with E-state index in [2.05, 4.69) is 19.2 Å². The van der Waals surface area contributed by atoms with E-state index in [0.29, 0.717) is 13.2 Å². The van der Waals surface area contributed by atoms with Crippen LogP contribution in [-0.2, 0) is 9.47 Å². The number of β-amino-alcohol motifs (C(OH)–C–C–N with tert-alkyl or cyclic N) is 1. The van der Waals surface area contributed by atoms with E-state index in [-0.39, 0.29) is 5.54 Å². The van der Waals surface area contributed by atoms with E-state index in [1.165, 1.54) is 19.3 Å². The fourth-order valence-corrected chi connectivity index (χ4v) is 2.27. The van der Waals surface area contributed by atoms with Crippen molar-refractivity contribution in [1.29, 1.82) is 0 Å². The molecule has 4 nitrogen and oxygen atoms in total. The van der Waals surface area contributed by atoms with Crippen LogP contribution in [-0.4, -0.2) is 49.7 Å². The fraction of sp³-hybridized carbons (Fsp3) is 1.00. The Morgan fingerprint density at radius 1 is 1.26 bits per heavy atom. The summed E-state index contributed by atoms with van der Waals surface area (Å²) in [5.74, 6) is 0. The molecule has 19 heavy (non-hydrogen) atoms. The molecular weight excluding hydrogens is 242 g/mol. The number of aliphatic hydroxyl groups excluding tert-OH is 1. The Morgan fingerprint density at radius 2 is 2.00 bits per heavy atom. The van der Waals surface area contributed by atoms with Crippen molar-refractivity contribution >= 4 is 0 Å². The topological polar surface area (TPSA) is 50.7 Å². The molecule has 0 aromatic carbocycles. The van der Waals surface area contributed by atoms with Crippen molar-refractivity contribution in [3.05, 3.63) is 0 Å². The summed E-state index contributed by atoms with van der Waals surface area (Å²) in [4.78, 5) is 0. The Balaban J connectivity index is 1.99. The molecule has 1 rings (SSSR count). The maximum Gasteiger partial charge on any atom is 0.0897 e. The molecule has 1 saturated heterocycles. The van der Waals surface area contributed by atoms with E-state index < -0.39 is 6.10 Å². The van der Waals surface area contributed by atoms with Gasteiger partial charge in [-0.1, -0.05) is 26.2 Å². The molecule has 1 heterocycles. The minimum Gasteiger partial charge on any atom is -0.389 e. The summed E-state index contributed by atoms with van der Waals surface area (Å²) >= 11 is 0. The van der Waals surface area contributed by atoms with Crippen molar-refractivity contribution < 1.29 is 14.6 Å². The molecule has 0 saturated carbocycles. The first-order chi connectivity index (χ1) is 9.16. The number of nitrogens with one attached hydrogen (secondary N) is 1. The summed E-state index contributed by atoms with van der Waals surface area (Å²) in [6.07, 6.45) is 6.45. The molecule has 4 heteroatoms. The van der Waals surface area contributed by atoms with Gasteiger partial charge in [-0.2, -0.15) is 0 Å². The third-order valence-corrected chi connectivity index (χ3v) is 3.81. The van der Waals surface area contributed by atoms with E-state index in [0.717, 1.165) is 39.1 Å². The van der Waals surface area contributed by atoms with Crippen molar-refractivity contribution in [2.75, 3.05) is 33.0 Å². The SMILES string of the molecule is CCCCCCOCC(O)CNC1(C)CCOCC1. The standard InChI is InChI=1S/C15H31NO3/c1-3-4-5-6-9-19-13-14(17)12-16-15(2)7-10-18-11-8-15/h14,16-17H,3-13H2,1-2H3. The first kappa shape index (κ1) is 16.9. The van der Waals surface area contributed by atoms with E-state index >= 15 is 0 Å². The van der Waals surface area contributed by atoms with Crippen LogP contribution >= 0.6 is 0 Å². The normalized spacial score (nSPS) is 20.4. The molecular formula is C15H31NO3. The highest BCUT2D eigenvalue weighted by molar-refractivity contribution is 4.86. The lowest BCUT2D eigenvalue weighted by Crippen LogP contribution is -2.49. The van der Waals surface area contributed by atoms with Crippen molar-refractivity contribution in [1.82, 2.24) is 5.32 Å². The molecule has 0 aromatic rings. The van der Waals surface area contributed by atoms with Crippen molar-refractivity contribution in [3.8, 4) is 0 Å². The molecule has 1 fully saturated rings. The van der Waals surface area contributed by atoms with E-state index in [1.54, 1.807) is 0 Å². The van der Waals surface area contributed by atoms with Gasteiger partial charge in [0.1, 0.15) is 0 Å². The second-order valence-corrected chi connectivity index (χ2v) is 5.84. The molecule has 0 bridgehead atoms. The maximum absolute atomic E-state index is 9.88. The number of hydrogen-bond acceptors (Lipinski definition) is 4. The van der Waals surface area contributed by atoms with Crippen LogP contribution in [0.3, 0.4) is 0 Å². The zero-order valence-corrected chi connectivity index (χ0v) is 12.6. The van der Waals surface area contributed by atoms with Gasteiger partial charge in [0.2, 0.25) is 0 Å². The number of hydrogen-bond donors (Lipinski definition) is 2. The van der Waals surface area contributed by atoms with Crippen LogP contribution in [0.1, 0.15) is 52.4 Å². The molecule has 114 valence electrons. The minimum atomic E-state index is -0.411. The van der Waals surface area contributed by atoms with Gasteiger partial charge in [-0.15, -0.1) is 0 Å². The molecule has 0 radical (unpaired) electrons. The van der Waals surface area contributed by atoms with Crippen LogP contribution in [0.15, 0.2) is 0 Å². The van der Waals surface area contributed by atoms with Gasteiger partial charge in [0, 0.05) is 31.9 Å². The minimum absolute atomic E-state index is 0.111. The summed E-state index contributed by atoms with van der Waals surface area (Å²) in [6, 6.07) is 0. The fourth-order valence-electron chi connectivity index (χ4n) is 2.27. The third-order valence-electron chi connectivity index (χ3n) is 3.81.